The molecular weight excluding hydrogens is 1080 g/mol. The Morgan fingerprint density at radius 2 is 0.629 bits per heavy atom. The van der Waals surface area contributed by atoms with Crippen molar-refractivity contribution in [3.05, 3.63) is 242 Å². The predicted molar refractivity (Wildman–Crippen MR) is 296 cm³/mol. The normalized spacial score (nSPS) is 12.6. The Kier molecular flexibility index (Phi) is 11.9. The van der Waals surface area contributed by atoms with E-state index in [-0.39, 0.29) is 12.1 Å². The first-order valence-corrected chi connectivity index (χ1v) is 27.5. The first-order valence-electron chi connectivity index (χ1n) is 23.7. The van der Waals surface area contributed by atoms with Crippen LogP contribution in [0.15, 0.2) is 239 Å². The summed E-state index contributed by atoms with van der Waals surface area (Å²) < 4.78 is 18.5. The molecule has 342 valence electrons. The van der Waals surface area contributed by atoms with Crippen molar-refractivity contribution in [1.29, 1.82) is 0 Å². The second kappa shape index (κ2) is 18.8. The van der Waals surface area contributed by atoms with E-state index < -0.39 is 8.16 Å². The fourth-order valence-corrected chi connectivity index (χ4v) is 12.7. The van der Waals surface area contributed by atoms with E-state index in [4.69, 9.17) is 8.39 Å². The molecule has 6 heteroatoms. The van der Waals surface area contributed by atoms with Gasteiger partial charge in [0.05, 0.1) is 0 Å². The van der Waals surface area contributed by atoms with Gasteiger partial charge in [-0.2, -0.15) is 4.67 Å². The molecule has 0 aliphatic heterocycles. The van der Waals surface area contributed by atoms with Crippen LogP contribution < -0.4 is 4.67 Å². The summed E-state index contributed by atoms with van der Waals surface area (Å²) in [5.74, 6) is 0. The van der Waals surface area contributed by atoms with Gasteiger partial charge in [0.1, 0.15) is 0 Å². The summed E-state index contributed by atoms with van der Waals surface area (Å²) in [5, 5.41) is 16.2. The summed E-state index contributed by atoms with van der Waals surface area (Å²) in [4.78, 5) is 0. The van der Waals surface area contributed by atoms with Gasteiger partial charge >= 0.3 is 37.3 Å². The van der Waals surface area contributed by atoms with E-state index >= 15 is 0 Å². The number of benzene rings is 12. The Hall–Kier alpha value is -6.91. The maximum atomic E-state index is 8.01. The van der Waals surface area contributed by atoms with Gasteiger partial charge in [-0.05, 0) is 125 Å². The second-order valence-electron chi connectivity index (χ2n) is 18.1. The van der Waals surface area contributed by atoms with Crippen molar-refractivity contribution in [3.8, 4) is 22.3 Å². The van der Waals surface area contributed by atoms with Crippen LogP contribution in [0, 0.1) is 0 Å². The molecule has 70 heavy (non-hydrogen) atoms. The van der Waals surface area contributed by atoms with Crippen LogP contribution in [-0.2, 0) is 20.0 Å². The molecule has 0 fully saturated rings. The molecule has 0 aliphatic carbocycles. The number of rotatable bonds is 7. The van der Waals surface area contributed by atoms with E-state index in [0.717, 1.165) is 65.7 Å². The van der Waals surface area contributed by atoms with Gasteiger partial charge in [0.25, 0.3) is 0 Å². The number of fused-ring (bicyclic) bond motifs is 13. The van der Waals surface area contributed by atoms with E-state index in [2.05, 4.69) is 258 Å². The van der Waals surface area contributed by atoms with Crippen LogP contribution in [0.1, 0.15) is 37.1 Å². The molecule has 1 heterocycles. The predicted octanol–water partition coefficient (Wildman–Crippen LogP) is 19.7. The zero-order chi connectivity index (χ0) is 47.3. The van der Waals surface area contributed by atoms with Crippen LogP contribution in [0.2, 0.25) is 0 Å². The van der Waals surface area contributed by atoms with E-state index in [0.29, 0.717) is 0 Å². The Bertz CT molecular complexity index is 3890. The van der Waals surface area contributed by atoms with Gasteiger partial charge < -0.3 is 8.39 Å². The van der Waals surface area contributed by atoms with Crippen LogP contribution in [0.5, 0.6) is 0 Å². The first-order chi connectivity index (χ1) is 34.6. The van der Waals surface area contributed by atoms with Gasteiger partial charge in [0.2, 0.25) is 0 Å². The minimum atomic E-state index is -1.91. The van der Waals surface area contributed by atoms with Crippen LogP contribution in [0.25, 0.3) is 109 Å². The van der Waals surface area contributed by atoms with Gasteiger partial charge in [0, 0.05) is 34.0 Å². The Morgan fingerprint density at radius 3 is 1.01 bits per heavy atom. The Balaban J connectivity index is 0.00000249. The third-order valence-corrected chi connectivity index (χ3v) is 16.0. The summed E-state index contributed by atoms with van der Waals surface area (Å²) in [6, 6.07) is 83.7. The van der Waals surface area contributed by atoms with Crippen molar-refractivity contribution in [2.75, 3.05) is 4.67 Å². The van der Waals surface area contributed by atoms with Crippen LogP contribution in [0.3, 0.4) is 0 Å². The quantitative estimate of drug-likeness (QED) is 0.118. The summed E-state index contributed by atoms with van der Waals surface area (Å²) in [7, 11) is 2.68. The Morgan fingerprint density at radius 1 is 0.343 bits per heavy atom. The third-order valence-electron chi connectivity index (χ3n) is 14.3. The Labute approximate surface area is 423 Å². The van der Waals surface area contributed by atoms with Crippen molar-refractivity contribution in [3.63, 3.8) is 0 Å². The van der Waals surface area contributed by atoms with E-state index in [1.807, 2.05) is 0 Å². The molecule has 13 rings (SSSR count). The molecule has 0 unspecified atom stereocenters. The van der Waals surface area contributed by atoms with Gasteiger partial charge in [-0.15, -0.1) is 0 Å². The molecule has 0 radical (unpaired) electrons. The molecule has 0 bridgehead atoms. The summed E-state index contributed by atoms with van der Waals surface area (Å²) in [6.45, 7) is 4.60. The molecule has 0 spiro atoms. The third kappa shape index (κ3) is 7.54. The molecule has 1 aromatic heterocycles. The summed E-state index contributed by atoms with van der Waals surface area (Å²) in [6.07, 6.45) is 0. The molecular formula is C64H46AuClNO2P. The molecule has 12 aromatic carbocycles. The maximum absolute atomic E-state index is 8.01. The van der Waals surface area contributed by atoms with Crippen molar-refractivity contribution in [2.24, 2.45) is 0 Å². The van der Waals surface area contributed by atoms with E-state index in [9.17, 15) is 0 Å². The number of hydrogen-bond acceptors (Lipinski definition) is 3. The first kappa shape index (κ1) is 44.3. The molecule has 2 atom stereocenters. The fourth-order valence-electron chi connectivity index (χ4n) is 11.0. The van der Waals surface area contributed by atoms with Gasteiger partial charge in [-0.3, -0.25) is 0 Å². The standard InChI is InChI=1S/C64H46NO2P.Au.ClH/c1-41(43-21-5-3-6-22-43)65(42(2)44-23-7-4-8-24-44)68-66-63-59(57-37-45-25-9-13-29-49(45)53-33-17-19-35-55(53)57)39-47-27-11-15-31-51(47)61(63)62-52-32-16-12-28-48(52)40-60(64(62)67-68)58-38-46-26-10-14-30-50(46)54-34-18-20-36-56(54)58;;/h3-42H,1-2H3;;1H/q;+1;/p-1/t41-,42-;;/m1../s1. The molecule has 3 nitrogen and oxygen atoms in total. The van der Waals surface area contributed by atoms with Crippen molar-refractivity contribution in [1.82, 2.24) is 0 Å². The zero-order valence-electron chi connectivity index (χ0n) is 38.5. The molecule has 0 amide bonds. The van der Waals surface area contributed by atoms with Crippen LogP contribution in [-0.4, -0.2) is 0 Å². The topological polar surface area (TPSA) is 29.5 Å². The SMILES string of the molecule is C[C@H](c1ccccc1)N([C@H](C)c1ccccc1)p1oc2c(-c3cc4ccccc4c4ccccc34)cc3ccccc3c2c2c(o1)c(-c1cc3ccccc3c3ccccc13)cc1ccccc12.[Cl][Au]. The van der Waals surface area contributed by atoms with E-state index in [1.54, 1.807) is 20.0 Å². The van der Waals surface area contributed by atoms with Crippen molar-refractivity contribution < 1.29 is 28.4 Å². The van der Waals surface area contributed by atoms with Gasteiger partial charge in [-0.1, -0.05) is 206 Å². The number of halogens is 1. The van der Waals surface area contributed by atoms with Crippen molar-refractivity contribution in [2.45, 2.75) is 25.9 Å². The summed E-state index contributed by atoms with van der Waals surface area (Å²) >= 11 is 1.75. The van der Waals surface area contributed by atoms with Crippen LogP contribution >= 0.6 is 17.4 Å². The number of hydrogen-bond donors (Lipinski definition) is 0. The monoisotopic (exact) mass is 1120 g/mol. The van der Waals surface area contributed by atoms with E-state index in [1.165, 1.54) is 54.2 Å². The molecule has 13 aromatic rings. The van der Waals surface area contributed by atoms with Gasteiger partial charge in [-0.25, -0.2) is 0 Å². The fraction of sp³-hybridized carbons (Fsp3) is 0.0625. The second-order valence-corrected chi connectivity index (χ2v) is 19.4. The average Bonchev–Trinajstić information content (AvgIpc) is 3.61. The summed E-state index contributed by atoms with van der Waals surface area (Å²) in [5.41, 5.74) is 8.35. The average molecular weight is 1120 g/mol. The molecule has 0 saturated heterocycles. The number of nitrogens with zero attached hydrogens (tertiary/aromatic N) is 1. The minimum absolute atomic E-state index is 0.0988. The van der Waals surface area contributed by atoms with Crippen LogP contribution in [0.4, 0.5) is 0 Å². The van der Waals surface area contributed by atoms with Gasteiger partial charge in [0.15, 0.2) is 11.2 Å². The van der Waals surface area contributed by atoms with Crippen molar-refractivity contribution >= 4 is 104 Å². The molecule has 0 saturated carbocycles. The molecule has 0 N–H and O–H groups in total. The molecule has 0 aliphatic rings. The zero-order valence-corrected chi connectivity index (χ0v) is 42.3.